The van der Waals surface area contributed by atoms with Gasteiger partial charge in [0.2, 0.25) is 0 Å². The summed E-state index contributed by atoms with van der Waals surface area (Å²) in [5, 5.41) is 0. The second-order valence-electron chi connectivity index (χ2n) is 3.90. The van der Waals surface area contributed by atoms with E-state index < -0.39 is 0 Å². The lowest BCUT2D eigenvalue weighted by atomic mass is 10.0. The molecule has 0 amide bonds. The van der Waals surface area contributed by atoms with Crippen molar-refractivity contribution in [2.45, 2.75) is 26.3 Å². The Morgan fingerprint density at radius 1 is 1.31 bits per heavy atom. The summed E-state index contributed by atoms with van der Waals surface area (Å²) in [6, 6.07) is 8.64. The van der Waals surface area contributed by atoms with Gasteiger partial charge in [0, 0.05) is 6.04 Å². The van der Waals surface area contributed by atoms with Gasteiger partial charge in [0.05, 0.1) is 16.1 Å². The fraction of sp³-hybridized carbons (Fsp3) is 0.308. The van der Waals surface area contributed by atoms with Crippen LogP contribution in [0.1, 0.15) is 30.6 Å². The molecule has 2 N–H and O–H groups in total. The van der Waals surface area contributed by atoms with Crippen molar-refractivity contribution >= 4 is 11.3 Å². The van der Waals surface area contributed by atoms with Gasteiger partial charge in [0.15, 0.2) is 0 Å². The molecule has 0 radical (unpaired) electrons. The molecular weight excluding hydrogens is 216 g/mol. The molecule has 16 heavy (non-hydrogen) atoms. The summed E-state index contributed by atoms with van der Waals surface area (Å²) < 4.78 is 0. The molecule has 0 saturated heterocycles. The predicted molar refractivity (Wildman–Crippen MR) is 69.5 cm³/mol. The van der Waals surface area contributed by atoms with Crippen LogP contribution in [0, 0.1) is 6.92 Å². The van der Waals surface area contributed by atoms with Crippen molar-refractivity contribution in [3.8, 4) is 10.4 Å². The summed E-state index contributed by atoms with van der Waals surface area (Å²) in [7, 11) is 0. The number of nitrogens with zero attached hydrogens (tertiary/aromatic N) is 1. The molecule has 0 bridgehead atoms. The SMILES string of the molecule is CCC(N)c1ccc(-c2scnc2C)cc1. The molecule has 2 nitrogen and oxygen atoms in total. The van der Waals surface area contributed by atoms with E-state index in [1.165, 1.54) is 16.0 Å². The monoisotopic (exact) mass is 232 g/mol. The van der Waals surface area contributed by atoms with Crippen molar-refractivity contribution in [2.24, 2.45) is 5.73 Å². The lowest BCUT2D eigenvalue weighted by molar-refractivity contribution is 0.699. The van der Waals surface area contributed by atoms with Crippen LogP contribution in [0.5, 0.6) is 0 Å². The second-order valence-corrected chi connectivity index (χ2v) is 4.76. The van der Waals surface area contributed by atoms with E-state index in [1.807, 2.05) is 12.4 Å². The number of hydrogen-bond acceptors (Lipinski definition) is 3. The Kier molecular flexibility index (Phi) is 3.36. The van der Waals surface area contributed by atoms with E-state index in [0.29, 0.717) is 0 Å². The Bertz CT molecular complexity index is 459. The maximum absolute atomic E-state index is 5.98. The number of nitrogens with two attached hydrogens (primary N) is 1. The van der Waals surface area contributed by atoms with Crippen LogP contribution in [0.25, 0.3) is 10.4 Å². The number of benzene rings is 1. The van der Waals surface area contributed by atoms with Crippen molar-refractivity contribution in [1.29, 1.82) is 0 Å². The van der Waals surface area contributed by atoms with Gasteiger partial charge >= 0.3 is 0 Å². The van der Waals surface area contributed by atoms with Crippen LogP contribution in [-0.4, -0.2) is 4.98 Å². The summed E-state index contributed by atoms with van der Waals surface area (Å²) in [5.74, 6) is 0. The first-order valence-electron chi connectivity index (χ1n) is 5.48. The van der Waals surface area contributed by atoms with Gasteiger partial charge in [-0.1, -0.05) is 31.2 Å². The van der Waals surface area contributed by atoms with Gasteiger partial charge in [-0.3, -0.25) is 0 Å². The fourth-order valence-corrected chi connectivity index (χ4v) is 2.51. The van der Waals surface area contributed by atoms with Gasteiger partial charge in [-0.25, -0.2) is 4.98 Å². The van der Waals surface area contributed by atoms with Crippen molar-refractivity contribution in [2.75, 3.05) is 0 Å². The van der Waals surface area contributed by atoms with E-state index in [0.717, 1.165) is 12.1 Å². The van der Waals surface area contributed by atoms with E-state index in [-0.39, 0.29) is 6.04 Å². The maximum Gasteiger partial charge on any atom is 0.0801 e. The van der Waals surface area contributed by atoms with Crippen LogP contribution in [0.4, 0.5) is 0 Å². The molecule has 0 aliphatic heterocycles. The maximum atomic E-state index is 5.98. The first kappa shape index (κ1) is 11.3. The van der Waals surface area contributed by atoms with Crippen LogP contribution in [-0.2, 0) is 0 Å². The molecule has 1 heterocycles. The molecule has 0 saturated carbocycles. The predicted octanol–water partition coefficient (Wildman–Crippen LogP) is 3.53. The number of thiazole rings is 1. The molecule has 1 aromatic heterocycles. The van der Waals surface area contributed by atoms with Gasteiger partial charge in [0.25, 0.3) is 0 Å². The molecule has 84 valence electrons. The first-order valence-corrected chi connectivity index (χ1v) is 6.36. The Morgan fingerprint density at radius 2 is 2.00 bits per heavy atom. The number of aryl methyl sites for hydroxylation is 1. The van der Waals surface area contributed by atoms with Crippen molar-refractivity contribution < 1.29 is 0 Å². The molecule has 1 aromatic carbocycles. The minimum absolute atomic E-state index is 0.150. The van der Waals surface area contributed by atoms with Crippen molar-refractivity contribution in [3.05, 3.63) is 41.0 Å². The molecule has 2 aromatic rings. The smallest absolute Gasteiger partial charge is 0.0801 e. The van der Waals surface area contributed by atoms with Crippen LogP contribution >= 0.6 is 11.3 Å². The Hall–Kier alpha value is -1.19. The normalized spacial score (nSPS) is 12.7. The van der Waals surface area contributed by atoms with Gasteiger partial charge in [-0.15, -0.1) is 11.3 Å². The lowest BCUT2D eigenvalue weighted by Crippen LogP contribution is -2.07. The minimum atomic E-state index is 0.150. The molecular formula is C13H16N2S. The van der Waals surface area contributed by atoms with Crippen LogP contribution < -0.4 is 5.73 Å². The highest BCUT2D eigenvalue weighted by Crippen LogP contribution is 2.28. The summed E-state index contributed by atoms with van der Waals surface area (Å²) in [6.07, 6.45) is 0.971. The summed E-state index contributed by atoms with van der Waals surface area (Å²) in [5.41, 5.74) is 11.4. The third-order valence-electron chi connectivity index (χ3n) is 2.79. The highest BCUT2D eigenvalue weighted by molar-refractivity contribution is 7.13. The third-order valence-corrected chi connectivity index (χ3v) is 3.76. The molecule has 1 atom stereocenters. The van der Waals surface area contributed by atoms with Crippen molar-refractivity contribution in [3.63, 3.8) is 0 Å². The average molecular weight is 232 g/mol. The number of hydrogen-bond donors (Lipinski definition) is 1. The van der Waals surface area contributed by atoms with Gasteiger partial charge in [-0.05, 0) is 24.5 Å². The standard InChI is InChI=1S/C13H16N2S/c1-3-12(14)10-4-6-11(7-5-10)13-9(2)15-8-16-13/h4-8,12H,3,14H2,1-2H3. The fourth-order valence-electron chi connectivity index (χ4n) is 1.70. The minimum Gasteiger partial charge on any atom is -0.324 e. The Balaban J connectivity index is 2.30. The van der Waals surface area contributed by atoms with Crippen LogP contribution in [0.15, 0.2) is 29.8 Å². The highest BCUT2D eigenvalue weighted by Gasteiger charge is 2.06. The van der Waals surface area contributed by atoms with E-state index in [9.17, 15) is 0 Å². The summed E-state index contributed by atoms with van der Waals surface area (Å²) >= 11 is 1.68. The summed E-state index contributed by atoms with van der Waals surface area (Å²) in [4.78, 5) is 5.51. The van der Waals surface area contributed by atoms with Gasteiger partial charge < -0.3 is 5.73 Å². The Morgan fingerprint density at radius 3 is 2.50 bits per heavy atom. The largest absolute Gasteiger partial charge is 0.324 e. The van der Waals surface area contributed by atoms with E-state index >= 15 is 0 Å². The first-order chi connectivity index (χ1) is 7.72. The Labute approximate surface area is 100 Å². The number of rotatable bonds is 3. The van der Waals surface area contributed by atoms with E-state index in [2.05, 4.69) is 36.2 Å². The summed E-state index contributed by atoms with van der Waals surface area (Å²) in [6.45, 7) is 4.14. The zero-order valence-corrected chi connectivity index (χ0v) is 10.4. The highest BCUT2D eigenvalue weighted by atomic mass is 32.1. The lowest BCUT2D eigenvalue weighted by Gasteiger charge is -2.09. The molecule has 3 heteroatoms. The molecule has 0 spiro atoms. The van der Waals surface area contributed by atoms with E-state index in [4.69, 9.17) is 5.73 Å². The topological polar surface area (TPSA) is 38.9 Å². The zero-order valence-electron chi connectivity index (χ0n) is 9.60. The third kappa shape index (κ3) is 2.15. The second kappa shape index (κ2) is 4.76. The quantitative estimate of drug-likeness (QED) is 0.879. The van der Waals surface area contributed by atoms with Gasteiger partial charge in [0.1, 0.15) is 0 Å². The van der Waals surface area contributed by atoms with Crippen LogP contribution in [0.3, 0.4) is 0 Å². The number of aromatic nitrogens is 1. The average Bonchev–Trinajstić information content (AvgIpc) is 2.75. The van der Waals surface area contributed by atoms with Gasteiger partial charge in [-0.2, -0.15) is 0 Å². The van der Waals surface area contributed by atoms with Crippen molar-refractivity contribution in [1.82, 2.24) is 4.98 Å². The molecule has 0 fully saturated rings. The molecule has 0 aliphatic carbocycles. The van der Waals surface area contributed by atoms with Crippen LogP contribution in [0.2, 0.25) is 0 Å². The van der Waals surface area contributed by atoms with E-state index in [1.54, 1.807) is 11.3 Å². The molecule has 1 unspecified atom stereocenters. The molecule has 2 rings (SSSR count). The zero-order chi connectivity index (χ0) is 11.5. The molecule has 0 aliphatic rings.